The minimum atomic E-state index is -2.39. The fraction of sp³-hybridized carbons (Fsp3) is 0.273. The summed E-state index contributed by atoms with van der Waals surface area (Å²) in [4.78, 5) is 0.526. The van der Waals surface area contributed by atoms with Crippen LogP contribution < -0.4 is 0 Å². The van der Waals surface area contributed by atoms with Crippen molar-refractivity contribution in [2.24, 2.45) is 0 Å². The van der Waals surface area contributed by atoms with Crippen LogP contribution in [-0.2, 0) is 0 Å². The van der Waals surface area contributed by atoms with Crippen molar-refractivity contribution in [3.05, 3.63) is 29.8 Å². The van der Waals surface area contributed by atoms with Crippen molar-refractivity contribution < 1.29 is 13.9 Å². The molecule has 0 aromatic heterocycles. The predicted octanol–water partition coefficient (Wildman–Crippen LogP) is 2.74. The van der Waals surface area contributed by atoms with Gasteiger partial charge >= 0.3 is 0 Å². The summed E-state index contributed by atoms with van der Waals surface area (Å²) in [5, 5.41) is 8.50. The van der Waals surface area contributed by atoms with Crippen molar-refractivity contribution in [3.63, 3.8) is 0 Å². The lowest BCUT2D eigenvalue weighted by molar-refractivity contribution is 0.252. The normalized spacial score (nSPS) is 9.87. The number of benzene rings is 1. The third kappa shape index (κ3) is 4.82. The van der Waals surface area contributed by atoms with E-state index in [1.165, 1.54) is 0 Å². The van der Waals surface area contributed by atoms with Gasteiger partial charge in [0, 0.05) is 16.9 Å². The monoisotopic (exact) mass is 228 g/mol. The Bertz CT molecular complexity index is 351. The molecule has 0 radical (unpaired) electrons. The van der Waals surface area contributed by atoms with Gasteiger partial charge in [-0.25, -0.2) is 0 Å². The smallest absolute Gasteiger partial charge is 0.288 e. The quantitative estimate of drug-likeness (QED) is 0.634. The summed E-state index contributed by atoms with van der Waals surface area (Å²) < 4.78 is 24.0. The molecular weight excluding hydrogens is 218 g/mol. The van der Waals surface area contributed by atoms with Crippen LogP contribution in [0.15, 0.2) is 29.2 Å². The maximum absolute atomic E-state index is 12.0. The SMILES string of the molecule is OCCC#Cc1ccc(SC(F)F)cc1. The minimum absolute atomic E-state index is 0.0340. The van der Waals surface area contributed by atoms with E-state index >= 15 is 0 Å². The lowest BCUT2D eigenvalue weighted by Crippen LogP contribution is -1.82. The van der Waals surface area contributed by atoms with E-state index in [0.29, 0.717) is 23.1 Å². The van der Waals surface area contributed by atoms with Crippen molar-refractivity contribution in [1.82, 2.24) is 0 Å². The molecule has 80 valence electrons. The molecule has 0 spiro atoms. The Morgan fingerprint density at radius 2 is 1.93 bits per heavy atom. The van der Waals surface area contributed by atoms with E-state index in [1.807, 2.05) is 0 Å². The molecular formula is C11H10F2OS. The molecule has 0 fully saturated rings. The van der Waals surface area contributed by atoms with Crippen molar-refractivity contribution in [3.8, 4) is 11.8 Å². The average Bonchev–Trinajstić information content (AvgIpc) is 2.20. The van der Waals surface area contributed by atoms with Gasteiger partial charge in [-0.2, -0.15) is 8.78 Å². The van der Waals surface area contributed by atoms with Gasteiger partial charge in [0.2, 0.25) is 0 Å². The number of aliphatic hydroxyl groups excluding tert-OH is 1. The van der Waals surface area contributed by atoms with Gasteiger partial charge in [0.1, 0.15) is 0 Å². The summed E-state index contributed by atoms with van der Waals surface area (Å²) in [6.07, 6.45) is 0.424. The molecule has 0 aliphatic carbocycles. The van der Waals surface area contributed by atoms with Gasteiger partial charge in [-0.15, -0.1) is 0 Å². The Labute approximate surface area is 91.5 Å². The number of rotatable bonds is 3. The average molecular weight is 228 g/mol. The molecule has 4 heteroatoms. The van der Waals surface area contributed by atoms with E-state index in [9.17, 15) is 8.78 Å². The van der Waals surface area contributed by atoms with E-state index in [0.717, 1.165) is 5.56 Å². The second-order valence-electron chi connectivity index (χ2n) is 2.68. The van der Waals surface area contributed by atoms with Crippen LogP contribution in [0.25, 0.3) is 0 Å². The number of hydrogen-bond acceptors (Lipinski definition) is 2. The molecule has 1 aromatic rings. The van der Waals surface area contributed by atoms with Crippen LogP contribution in [0.1, 0.15) is 12.0 Å². The van der Waals surface area contributed by atoms with E-state index in [2.05, 4.69) is 11.8 Å². The molecule has 0 amide bonds. The molecule has 1 aromatic carbocycles. The lowest BCUT2D eigenvalue weighted by Gasteiger charge is -1.98. The van der Waals surface area contributed by atoms with E-state index < -0.39 is 5.76 Å². The molecule has 0 aliphatic heterocycles. The fourth-order valence-corrected chi connectivity index (χ4v) is 1.44. The van der Waals surface area contributed by atoms with Gasteiger partial charge in [-0.3, -0.25) is 0 Å². The second kappa shape index (κ2) is 6.44. The van der Waals surface area contributed by atoms with Crippen molar-refractivity contribution in [2.45, 2.75) is 17.1 Å². The Balaban J connectivity index is 2.61. The summed E-state index contributed by atoms with van der Waals surface area (Å²) in [7, 11) is 0. The molecule has 0 saturated carbocycles. The van der Waals surface area contributed by atoms with Crippen LogP contribution in [0, 0.1) is 11.8 Å². The highest BCUT2D eigenvalue weighted by molar-refractivity contribution is 7.99. The molecule has 0 atom stereocenters. The number of aliphatic hydroxyl groups is 1. The van der Waals surface area contributed by atoms with Gasteiger partial charge in [0.15, 0.2) is 0 Å². The maximum atomic E-state index is 12.0. The molecule has 0 aliphatic rings. The van der Waals surface area contributed by atoms with Crippen LogP contribution in [0.5, 0.6) is 0 Å². The first-order valence-corrected chi connectivity index (χ1v) is 5.25. The highest BCUT2D eigenvalue weighted by Crippen LogP contribution is 2.24. The summed E-state index contributed by atoms with van der Waals surface area (Å²) in [5.74, 6) is 3.18. The van der Waals surface area contributed by atoms with Crippen LogP contribution in [0.2, 0.25) is 0 Å². The van der Waals surface area contributed by atoms with Crippen LogP contribution in [0.4, 0.5) is 8.78 Å². The largest absolute Gasteiger partial charge is 0.395 e. The fourth-order valence-electron chi connectivity index (χ4n) is 0.940. The van der Waals surface area contributed by atoms with Crippen molar-refractivity contribution >= 4 is 11.8 Å². The highest BCUT2D eigenvalue weighted by atomic mass is 32.2. The topological polar surface area (TPSA) is 20.2 Å². The zero-order valence-electron chi connectivity index (χ0n) is 7.91. The molecule has 1 N–H and O–H groups in total. The first-order valence-electron chi connectivity index (χ1n) is 4.37. The number of thioether (sulfide) groups is 1. The number of alkyl halides is 2. The van der Waals surface area contributed by atoms with Gasteiger partial charge in [0.25, 0.3) is 5.76 Å². The Morgan fingerprint density at radius 3 is 2.47 bits per heavy atom. The van der Waals surface area contributed by atoms with E-state index in [1.54, 1.807) is 24.3 Å². The van der Waals surface area contributed by atoms with E-state index in [4.69, 9.17) is 5.11 Å². The van der Waals surface area contributed by atoms with E-state index in [-0.39, 0.29) is 6.61 Å². The first-order chi connectivity index (χ1) is 7.22. The van der Waals surface area contributed by atoms with Crippen LogP contribution >= 0.6 is 11.8 Å². The highest BCUT2D eigenvalue weighted by Gasteiger charge is 2.03. The zero-order valence-corrected chi connectivity index (χ0v) is 8.73. The third-order valence-electron chi connectivity index (χ3n) is 1.55. The van der Waals surface area contributed by atoms with Crippen molar-refractivity contribution in [2.75, 3.05) is 6.61 Å². The molecule has 0 saturated heterocycles. The summed E-state index contributed by atoms with van der Waals surface area (Å²) in [6, 6.07) is 6.60. The zero-order chi connectivity index (χ0) is 11.1. The molecule has 15 heavy (non-hydrogen) atoms. The number of hydrogen-bond donors (Lipinski definition) is 1. The Morgan fingerprint density at radius 1 is 1.27 bits per heavy atom. The van der Waals surface area contributed by atoms with Crippen LogP contribution in [0.3, 0.4) is 0 Å². The minimum Gasteiger partial charge on any atom is -0.395 e. The Kier molecular flexibility index (Phi) is 5.16. The van der Waals surface area contributed by atoms with Crippen molar-refractivity contribution in [1.29, 1.82) is 0 Å². The summed E-state index contributed by atoms with van der Waals surface area (Å²) in [5.41, 5.74) is 0.766. The van der Waals surface area contributed by atoms with Gasteiger partial charge in [-0.05, 0) is 24.3 Å². The second-order valence-corrected chi connectivity index (χ2v) is 3.74. The first kappa shape index (κ1) is 12.0. The predicted molar refractivity (Wildman–Crippen MR) is 56.9 cm³/mol. The third-order valence-corrected chi connectivity index (χ3v) is 2.27. The summed E-state index contributed by atoms with van der Waals surface area (Å²) >= 11 is 0.514. The number of halogens is 2. The molecule has 1 rings (SSSR count). The maximum Gasteiger partial charge on any atom is 0.288 e. The van der Waals surface area contributed by atoms with Gasteiger partial charge in [0.05, 0.1) is 6.61 Å². The van der Waals surface area contributed by atoms with Gasteiger partial charge in [-0.1, -0.05) is 23.6 Å². The standard InChI is InChI=1S/C11H10F2OS/c12-11(13)15-10-6-4-9(5-7-10)3-1-2-8-14/h4-7,11,14H,2,8H2. The molecule has 1 nitrogen and oxygen atoms in total. The lowest BCUT2D eigenvalue weighted by atomic mass is 10.2. The summed E-state index contributed by atoms with van der Waals surface area (Å²) in [6.45, 7) is 0.0340. The Hall–Kier alpha value is -1.05. The molecule has 0 bridgehead atoms. The molecule has 0 heterocycles. The van der Waals surface area contributed by atoms with Gasteiger partial charge < -0.3 is 5.11 Å². The van der Waals surface area contributed by atoms with Crippen LogP contribution in [-0.4, -0.2) is 17.5 Å². The molecule has 0 unspecified atom stereocenters.